The zero-order chi connectivity index (χ0) is 22.9. The fourth-order valence-corrected chi connectivity index (χ4v) is 7.94. The van der Waals surface area contributed by atoms with Crippen molar-refractivity contribution >= 4 is 17.5 Å². The molecule has 0 amide bonds. The fraction of sp³-hybridized carbons (Fsp3) is 0.792. The van der Waals surface area contributed by atoms with Crippen molar-refractivity contribution in [1.29, 1.82) is 0 Å². The molecule has 0 bridgehead atoms. The zero-order valence-electron chi connectivity index (χ0n) is 18.4. The molecule has 7 heteroatoms. The van der Waals surface area contributed by atoms with E-state index < -0.39 is 52.8 Å². The second kappa shape index (κ2) is 7.20. The van der Waals surface area contributed by atoms with Crippen molar-refractivity contribution < 1.29 is 34.1 Å². The maximum atomic E-state index is 15.4. The van der Waals surface area contributed by atoms with Gasteiger partial charge in [-0.25, -0.2) is 4.39 Å². The number of carboxylic acid groups (broad SMARTS) is 1. The average molecular weight is 437 g/mol. The third-order valence-electron chi connectivity index (χ3n) is 9.57. The van der Waals surface area contributed by atoms with E-state index >= 15 is 4.39 Å². The number of halogens is 1. The maximum Gasteiger partial charge on any atom is 0.306 e. The smallest absolute Gasteiger partial charge is 0.306 e. The van der Waals surface area contributed by atoms with Gasteiger partial charge in [-0.15, -0.1) is 0 Å². The molecule has 9 atom stereocenters. The Morgan fingerprint density at radius 2 is 1.90 bits per heavy atom. The van der Waals surface area contributed by atoms with Crippen LogP contribution in [-0.2, 0) is 14.4 Å². The van der Waals surface area contributed by atoms with Crippen LogP contribution in [0.1, 0.15) is 65.7 Å². The summed E-state index contributed by atoms with van der Waals surface area (Å²) in [6.07, 6.45) is 0.865. The number of carbonyl (C=O) groups excluding carboxylic acids is 2. The van der Waals surface area contributed by atoms with Crippen LogP contribution in [0.15, 0.2) is 11.6 Å². The molecule has 0 saturated heterocycles. The van der Waals surface area contributed by atoms with E-state index in [-0.39, 0.29) is 30.0 Å². The third kappa shape index (κ3) is 2.99. The number of aliphatic carboxylic acids is 1. The quantitative estimate of drug-likeness (QED) is 0.625. The Labute approximate surface area is 181 Å². The van der Waals surface area contributed by atoms with Crippen LogP contribution < -0.4 is 0 Å². The Morgan fingerprint density at radius 3 is 2.55 bits per heavy atom. The van der Waals surface area contributed by atoms with Gasteiger partial charge in [0.25, 0.3) is 0 Å². The van der Waals surface area contributed by atoms with E-state index in [9.17, 15) is 24.6 Å². The molecule has 0 aromatic heterocycles. The van der Waals surface area contributed by atoms with E-state index in [0.717, 1.165) is 0 Å². The summed E-state index contributed by atoms with van der Waals surface area (Å²) in [5.74, 6) is -2.58. The van der Waals surface area contributed by atoms with Gasteiger partial charge in [-0.2, -0.15) is 0 Å². The molecular formula is C24H33FO6. The predicted octanol–water partition coefficient (Wildman–Crippen LogP) is 2.85. The molecule has 3 fully saturated rings. The Kier molecular flexibility index (Phi) is 5.25. The summed E-state index contributed by atoms with van der Waals surface area (Å²) in [4.78, 5) is 36.1. The first-order chi connectivity index (χ1) is 14.4. The van der Waals surface area contributed by atoms with Crippen molar-refractivity contribution in [2.45, 2.75) is 83.6 Å². The number of hydrogen-bond acceptors (Lipinski definition) is 5. The molecule has 3 saturated carbocycles. The molecule has 4 aliphatic rings. The van der Waals surface area contributed by atoms with Crippen LogP contribution in [0.2, 0.25) is 0 Å². The molecular weight excluding hydrogens is 403 g/mol. The monoisotopic (exact) mass is 436 g/mol. The number of carbonyl (C=O) groups is 3. The van der Waals surface area contributed by atoms with Gasteiger partial charge in [0, 0.05) is 11.8 Å². The van der Waals surface area contributed by atoms with Crippen molar-refractivity contribution in [3.8, 4) is 0 Å². The first-order valence-corrected chi connectivity index (χ1v) is 11.4. The number of ketones is 2. The minimum Gasteiger partial charge on any atom is -0.481 e. The van der Waals surface area contributed by atoms with E-state index in [1.54, 1.807) is 6.92 Å². The number of allylic oxidation sites excluding steroid dienone is 1. The zero-order valence-corrected chi connectivity index (χ0v) is 18.4. The van der Waals surface area contributed by atoms with Gasteiger partial charge in [0.2, 0.25) is 0 Å². The summed E-state index contributed by atoms with van der Waals surface area (Å²) < 4.78 is 15.4. The molecule has 31 heavy (non-hydrogen) atoms. The Morgan fingerprint density at radius 1 is 1.23 bits per heavy atom. The number of aliphatic hydroxyl groups excluding tert-OH is 1. The van der Waals surface area contributed by atoms with Crippen molar-refractivity contribution in [1.82, 2.24) is 0 Å². The van der Waals surface area contributed by atoms with Crippen molar-refractivity contribution in [2.75, 3.05) is 0 Å². The lowest BCUT2D eigenvalue weighted by atomic mass is 9.46. The number of hydrogen-bond donors (Lipinski definition) is 3. The molecule has 0 spiro atoms. The summed E-state index contributed by atoms with van der Waals surface area (Å²) in [5, 5.41) is 30.9. The van der Waals surface area contributed by atoms with Gasteiger partial charge in [0.05, 0.1) is 6.42 Å². The SMILES string of the molecule is C[C@@H]1C[C@H]2[C@@H]3C[C@H](F)C4=CC(=O)CC[C@]4(C)[C@H]3CC[C@]2(C)[C@@]1(O)C(=O)C(O)CC(=O)O. The third-order valence-corrected chi connectivity index (χ3v) is 9.57. The standard InChI is InChI=1S/C24H33FO6/c1-12-8-16-14-10-18(25)17-9-13(26)4-6-22(17,2)15(14)5-7-23(16,3)24(12,31)21(30)19(27)11-20(28)29/h9,12,14-16,18-19,27,31H,4-8,10-11H2,1-3H3,(H,28,29)/t12-,14-,15+,16+,18+,19?,22-,23+,24+/m1/s1. The van der Waals surface area contributed by atoms with Crippen molar-refractivity contribution in [3.05, 3.63) is 11.6 Å². The molecule has 4 aliphatic carbocycles. The molecule has 0 radical (unpaired) electrons. The number of fused-ring (bicyclic) bond motifs is 5. The van der Waals surface area contributed by atoms with Crippen LogP contribution in [0, 0.1) is 34.5 Å². The van der Waals surface area contributed by atoms with Gasteiger partial charge in [-0.05, 0) is 72.8 Å². The predicted molar refractivity (Wildman–Crippen MR) is 110 cm³/mol. The molecule has 6 nitrogen and oxygen atoms in total. The molecule has 0 aliphatic heterocycles. The average Bonchev–Trinajstić information content (AvgIpc) is 2.90. The summed E-state index contributed by atoms with van der Waals surface area (Å²) in [7, 11) is 0. The lowest BCUT2D eigenvalue weighted by Gasteiger charge is -2.59. The van der Waals surface area contributed by atoms with E-state index in [1.165, 1.54) is 6.08 Å². The van der Waals surface area contributed by atoms with Crippen LogP contribution >= 0.6 is 0 Å². The van der Waals surface area contributed by atoms with Gasteiger partial charge in [-0.1, -0.05) is 20.8 Å². The van der Waals surface area contributed by atoms with Crippen molar-refractivity contribution in [3.63, 3.8) is 0 Å². The van der Waals surface area contributed by atoms with Gasteiger partial charge < -0.3 is 15.3 Å². The van der Waals surface area contributed by atoms with Crippen LogP contribution in [0.5, 0.6) is 0 Å². The molecule has 0 heterocycles. The molecule has 3 N–H and O–H groups in total. The first-order valence-electron chi connectivity index (χ1n) is 11.4. The van der Waals surface area contributed by atoms with E-state index in [0.29, 0.717) is 37.7 Å². The second-order valence-corrected chi connectivity index (χ2v) is 10.9. The van der Waals surface area contributed by atoms with E-state index in [1.807, 2.05) is 6.92 Å². The van der Waals surface area contributed by atoms with Crippen LogP contribution in [0.25, 0.3) is 0 Å². The van der Waals surface area contributed by atoms with Gasteiger partial charge >= 0.3 is 5.97 Å². The summed E-state index contributed by atoms with van der Waals surface area (Å²) in [6.45, 7) is 5.68. The fourth-order valence-electron chi connectivity index (χ4n) is 7.94. The highest BCUT2D eigenvalue weighted by Gasteiger charge is 2.70. The summed E-state index contributed by atoms with van der Waals surface area (Å²) in [6, 6.07) is 0. The minimum absolute atomic E-state index is 0.0175. The van der Waals surface area contributed by atoms with E-state index in [4.69, 9.17) is 5.11 Å². The second-order valence-electron chi connectivity index (χ2n) is 10.9. The Bertz CT molecular complexity index is 853. The Hall–Kier alpha value is -1.60. The number of alkyl halides is 1. The highest BCUT2D eigenvalue weighted by molar-refractivity contribution is 5.95. The first kappa shape index (κ1) is 22.6. The minimum atomic E-state index is -1.84. The summed E-state index contributed by atoms with van der Waals surface area (Å²) in [5.41, 5.74) is -2.48. The largest absolute Gasteiger partial charge is 0.481 e. The normalized spacial score (nSPS) is 47.6. The van der Waals surface area contributed by atoms with Crippen LogP contribution in [-0.4, -0.2) is 50.7 Å². The van der Waals surface area contributed by atoms with Crippen molar-refractivity contribution in [2.24, 2.45) is 34.5 Å². The van der Waals surface area contributed by atoms with Crippen LogP contribution in [0.4, 0.5) is 4.39 Å². The summed E-state index contributed by atoms with van der Waals surface area (Å²) >= 11 is 0. The number of aliphatic hydroxyl groups is 2. The highest BCUT2D eigenvalue weighted by Crippen LogP contribution is 2.69. The maximum absolute atomic E-state index is 15.4. The lowest BCUT2D eigenvalue weighted by Crippen LogP contribution is -2.61. The van der Waals surface area contributed by atoms with Gasteiger partial charge in [0.1, 0.15) is 17.9 Å². The number of Topliss-reactive ketones (excluding diaryl/α,β-unsaturated/α-hetero) is 1. The molecule has 0 aromatic carbocycles. The van der Waals surface area contributed by atoms with Crippen LogP contribution in [0.3, 0.4) is 0 Å². The van der Waals surface area contributed by atoms with Gasteiger partial charge in [-0.3, -0.25) is 14.4 Å². The lowest BCUT2D eigenvalue weighted by molar-refractivity contribution is -0.178. The molecule has 0 aromatic rings. The highest BCUT2D eigenvalue weighted by atomic mass is 19.1. The van der Waals surface area contributed by atoms with E-state index in [2.05, 4.69) is 6.92 Å². The Balaban J connectivity index is 1.70. The molecule has 1 unspecified atom stereocenters. The number of rotatable bonds is 4. The molecule has 4 rings (SSSR count). The topological polar surface area (TPSA) is 112 Å². The van der Waals surface area contributed by atoms with Gasteiger partial charge in [0.15, 0.2) is 11.6 Å². The number of carboxylic acids is 1. The molecule has 172 valence electrons.